The van der Waals surface area contributed by atoms with Crippen molar-refractivity contribution >= 4 is 11.6 Å². The maximum atomic E-state index is 6.21. The summed E-state index contributed by atoms with van der Waals surface area (Å²) in [4.78, 5) is 4.47. The molecule has 2 nitrogen and oxygen atoms in total. The van der Waals surface area contributed by atoms with Gasteiger partial charge in [-0.25, -0.2) is 0 Å². The Hall–Kier alpha value is -2.32. The maximum absolute atomic E-state index is 6.21. The van der Waals surface area contributed by atoms with Gasteiger partial charge < -0.3 is 4.74 Å². The quantitative estimate of drug-likeness (QED) is 0.631. The molecule has 0 saturated heterocycles. The first-order chi connectivity index (χ1) is 11.3. The largest absolute Gasteiger partial charge is 0.484 e. The van der Waals surface area contributed by atoms with Crippen LogP contribution in [0.5, 0.6) is 5.75 Å². The zero-order valence-corrected chi connectivity index (χ0v) is 13.3. The molecule has 1 aromatic heterocycles. The topological polar surface area (TPSA) is 22.1 Å². The van der Waals surface area contributed by atoms with E-state index in [9.17, 15) is 0 Å². The number of halogens is 1. The molecule has 0 spiro atoms. The zero-order valence-electron chi connectivity index (χ0n) is 12.5. The number of nitrogens with zero attached hydrogens (tertiary/aromatic N) is 1. The smallest absolute Gasteiger partial charge is 0.141 e. The van der Waals surface area contributed by atoms with E-state index in [1.807, 2.05) is 48.7 Å². The molecule has 0 bridgehead atoms. The van der Waals surface area contributed by atoms with E-state index >= 15 is 0 Å². The summed E-state index contributed by atoms with van der Waals surface area (Å²) in [5.74, 6) is 1.15. The average molecular weight is 322 g/mol. The van der Waals surface area contributed by atoms with Gasteiger partial charge in [0, 0.05) is 29.1 Å². The number of hydrogen-bond donors (Lipinski definition) is 0. The van der Waals surface area contributed by atoms with Crippen molar-refractivity contribution < 1.29 is 4.74 Å². The van der Waals surface area contributed by atoms with Gasteiger partial charge in [-0.2, -0.15) is 0 Å². The first-order valence-electron chi connectivity index (χ1n) is 7.73. The van der Waals surface area contributed by atoms with Crippen molar-refractivity contribution in [3.8, 4) is 5.75 Å². The fourth-order valence-electron chi connectivity index (χ4n) is 3.19. The zero-order chi connectivity index (χ0) is 15.6. The Balaban J connectivity index is 1.79. The van der Waals surface area contributed by atoms with Crippen LogP contribution >= 0.6 is 11.6 Å². The second-order valence-corrected chi connectivity index (χ2v) is 6.18. The highest BCUT2D eigenvalue weighted by atomic mass is 35.5. The van der Waals surface area contributed by atoms with Gasteiger partial charge in [-0.1, -0.05) is 48.0 Å². The lowest BCUT2D eigenvalue weighted by molar-refractivity contribution is 0.163. The second kappa shape index (κ2) is 6.05. The van der Waals surface area contributed by atoms with E-state index in [1.165, 1.54) is 5.56 Å². The van der Waals surface area contributed by atoms with Crippen LogP contribution in [0.1, 0.15) is 35.3 Å². The molecular weight excluding hydrogens is 306 g/mol. The van der Waals surface area contributed by atoms with Crippen LogP contribution in [0.25, 0.3) is 0 Å². The minimum absolute atomic E-state index is 0.0462. The third kappa shape index (κ3) is 2.82. The van der Waals surface area contributed by atoms with Crippen LogP contribution < -0.4 is 4.74 Å². The Morgan fingerprint density at radius 3 is 2.57 bits per heavy atom. The molecule has 0 saturated carbocycles. The molecule has 0 aliphatic carbocycles. The van der Waals surface area contributed by atoms with Crippen molar-refractivity contribution in [3.63, 3.8) is 0 Å². The van der Waals surface area contributed by atoms with Gasteiger partial charge in [-0.15, -0.1) is 0 Å². The number of hydrogen-bond acceptors (Lipinski definition) is 2. The van der Waals surface area contributed by atoms with Crippen molar-refractivity contribution in [1.29, 1.82) is 0 Å². The van der Waals surface area contributed by atoms with Crippen LogP contribution in [0.15, 0.2) is 72.9 Å². The first-order valence-corrected chi connectivity index (χ1v) is 8.11. The van der Waals surface area contributed by atoms with Crippen LogP contribution in [0.3, 0.4) is 0 Å². The van der Waals surface area contributed by atoms with E-state index in [0.717, 1.165) is 28.5 Å². The van der Waals surface area contributed by atoms with E-state index in [1.54, 1.807) is 0 Å². The molecule has 0 N–H and O–H groups in total. The molecule has 1 aliphatic heterocycles. The molecule has 3 heteroatoms. The Morgan fingerprint density at radius 2 is 1.78 bits per heavy atom. The normalized spacial score (nSPS) is 19.7. The Kier molecular flexibility index (Phi) is 3.76. The van der Waals surface area contributed by atoms with Gasteiger partial charge >= 0.3 is 0 Å². The number of pyridine rings is 1. The van der Waals surface area contributed by atoms with Gasteiger partial charge in [0.1, 0.15) is 11.9 Å². The molecule has 0 fully saturated rings. The van der Waals surface area contributed by atoms with Crippen molar-refractivity contribution in [3.05, 3.63) is 94.8 Å². The fourth-order valence-corrected chi connectivity index (χ4v) is 3.37. The van der Waals surface area contributed by atoms with Gasteiger partial charge in [0.2, 0.25) is 0 Å². The first kappa shape index (κ1) is 14.3. The Bertz CT molecular complexity index is 804. The number of ether oxygens (including phenoxy) is 1. The fraction of sp³-hybridized carbons (Fsp3) is 0.150. The van der Waals surface area contributed by atoms with E-state index in [2.05, 4.69) is 29.2 Å². The predicted octanol–water partition coefficient (Wildman–Crippen LogP) is 5.39. The minimum atomic E-state index is -0.0462. The van der Waals surface area contributed by atoms with Gasteiger partial charge in [-0.05, 0) is 35.9 Å². The summed E-state index contributed by atoms with van der Waals surface area (Å²) in [5.41, 5.74) is 3.39. The number of aromatic nitrogens is 1. The van der Waals surface area contributed by atoms with Crippen LogP contribution in [-0.2, 0) is 0 Å². The van der Waals surface area contributed by atoms with E-state index in [-0.39, 0.29) is 12.0 Å². The molecule has 2 atom stereocenters. The molecule has 23 heavy (non-hydrogen) atoms. The molecule has 0 amide bonds. The monoisotopic (exact) mass is 321 g/mol. The number of rotatable bonds is 2. The van der Waals surface area contributed by atoms with Crippen molar-refractivity contribution in [1.82, 2.24) is 4.98 Å². The third-order valence-corrected chi connectivity index (χ3v) is 4.52. The van der Waals surface area contributed by atoms with E-state index in [4.69, 9.17) is 16.3 Å². The van der Waals surface area contributed by atoms with E-state index in [0.29, 0.717) is 0 Å². The van der Waals surface area contributed by atoms with Crippen LogP contribution in [-0.4, -0.2) is 4.98 Å². The molecule has 0 unspecified atom stereocenters. The minimum Gasteiger partial charge on any atom is -0.484 e. The SMILES string of the molecule is Clc1ccc2c(c1)[C@@H](c1ccccc1)C[C@@H](c1ccccn1)O2. The third-order valence-electron chi connectivity index (χ3n) is 4.29. The number of fused-ring (bicyclic) bond motifs is 1. The molecular formula is C20H16ClNO. The summed E-state index contributed by atoms with van der Waals surface area (Å²) >= 11 is 6.21. The lowest BCUT2D eigenvalue weighted by Gasteiger charge is -2.32. The lowest BCUT2D eigenvalue weighted by Crippen LogP contribution is -2.20. The van der Waals surface area contributed by atoms with Crippen LogP contribution in [0.4, 0.5) is 0 Å². The second-order valence-electron chi connectivity index (χ2n) is 5.74. The van der Waals surface area contributed by atoms with Crippen molar-refractivity contribution in [2.45, 2.75) is 18.4 Å². The van der Waals surface area contributed by atoms with Gasteiger partial charge in [0.25, 0.3) is 0 Å². The molecule has 1 aliphatic rings. The van der Waals surface area contributed by atoms with Crippen molar-refractivity contribution in [2.24, 2.45) is 0 Å². The summed E-state index contributed by atoms with van der Waals surface area (Å²) in [7, 11) is 0. The average Bonchev–Trinajstić information content (AvgIpc) is 2.62. The maximum Gasteiger partial charge on any atom is 0.141 e. The standard InChI is InChI=1S/C20H16ClNO/c21-15-9-10-19-17(12-15)16(14-6-2-1-3-7-14)13-20(23-19)18-8-4-5-11-22-18/h1-12,16,20H,13H2/t16-,20+/m1/s1. The summed E-state index contributed by atoms with van der Waals surface area (Å²) in [6.07, 6.45) is 2.62. The van der Waals surface area contributed by atoms with Crippen LogP contribution in [0, 0.1) is 0 Å². The van der Waals surface area contributed by atoms with Gasteiger partial charge in [0.05, 0.1) is 5.69 Å². The van der Waals surface area contributed by atoms with E-state index < -0.39 is 0 Å². The molecule has 2 aromatic carbocycles. The molecule has 2 heterocycles. The summed E-state index contributed by atoms with van der Waals surface area (Å²) in [5, 5.41) is 0.740. The Morgan fingerprint density at radius 1 is 0.957 bits per heavy atom. The highest BCUT2D eigenvalue weighted by molar-refractivity contribution is 6.30. The summed E-state index contributed by atoms with van der Waals surface area (Å²) < 4.78 is 6.20. The number of benzene rings is 2. The lowest BCUT2D eigenvalue weighted by atomic mass is 9.83. The summed E-state index contributed by atoms with van der Waals surface area (Å²) in [6.45, 7) is 0. The predicted molar refractivity (Wildman–Crippen MR) is 92.0 cm³/mol. The highest BCUT2D eigenvalue weighted by Crippen LogP contribution is 2.45. The Labute approximate surface area is 140 Å². The highest BCUT2D eigenvalue weighted by Gasteiger charge is 2.31. The molecule has 114 valence electrons. The van der Waals surface area contributed by atoms with Crippen LogP contribution in [0.2, 0.25) is 5.02 Å². The summed E-state index contributed by atoms with van der Waals surface area (Å²) in [6, 6.07) is 22.3. The molecule has 4 rings (SSSR count). The molecule has 0 radical (unpaired) electrons. The van der Waals surface area contributed by atoms with Gasteiger partial charge in [-0.3, -0.25) is 4.98 Å². The molecule has 3 aromatic rings. The van der Waals surface area contributed by atoms with Crippen molar-refractivity contribution in [2.75, 3.05) is 0 Å². The van der Waals surface area contributed by atoms with Gasteiger partial charge in [0.15, 0.2) is 0 Å².